The Bertz CT molecular complexity index is 991. The van der Waals surface area contributed by atoms with Gasteiger partial charge < -0.3 is 4.79 Å². The minimum atomic E-state index is -3.37. The van der Waals surface area contributed by atoms with Crippen LogP contribution in [-0.2, 0) is 14.8 Å². The van der Waals surface area contributed by atoms with Crippen LogP contribution in [0.1, 0.15) is 47.6 Å². The monoisotopic (exact) mass is 448 g/mol. The highest BCUT2D eigenvalue weighted by atomic mass is 35.5. The number of rotatable bonds is 8. The minimum absolute atomic E-state index is 0.0256. The molecule has 0 aliphatic carbocycles. The summed E-state index contributed by atoms with van der Waals surface area (Å²) in [5, 5.41) is 0.577. The van der Waals surface area contributed by atoms with Gasteiger partial charge in [0, 0.05) is 28.7 Å². The Hall–Kier alpha value is -2.22. The molecule has 0 bridgehead atoms. The molecule has 1 aliphatic rings. The zero-order chi connectivity index (χ0) is 21.7. The summed E-state index contributed by atoms with van der Waals surface area (Å²) in [6.45, 7) is 0.714. The van der Waals surface area contributed by atoms with Crippen molar-refractivity contribution in [3.8, 4) is 0 Å². The van der Waals surface area contributed by atoms with Crippen LogP contribution in [0.5, 0.6) is 0 Å². The number of anilines is 1. The SMILES string of the molecule is CS(=O)(=O)Nc1ccc(C(CC=O)N2CCCCC2C(=O)c2ccc(Cl)cc2)cc1. The first-order valence-corrected chi connectivity index (χ1v) is 12.1. The standard InChI is InChI=1S/C22H25ClN2O4S/c1-30(28,29)24-19-11-7-16(8-12-19)20(13-15-26)25-14-3-2-4-21(25)22(27)17-5-9-18(23)10-6-17/h5-12,15,20-21,24H,2-4,13-14H2,1H3. The number of piperidine rings is 1. The summed E-state index contributed by atoms with van der Waals surface area (Å²) < 4.78 is 25.3. The summed E-state index contributed by atoms with van der Waals surface area (Å²) in [7, 11) is -3.37. The lowest BCUT2D eigenvalue weighted by Crippen LogP contribution is -2.46. The Labute approximate surface area is 182 Å². The molecule has 0 spiro atoms. The number of hydrogen-bond acceptors (Lipinski definition) is 5. The van der Waals surface area contributed by atoms with Crippen LogP contribution in [0, 0.1) is 0 Å². The Kier molecular flexibility index (Phi) is 7.28. The van der Waals surface area contributed by atoms with E-state index in [9.17, 15) is 18.0 Å². The quantitative estimate of drug-likeness (QED) is 0.486. The van der Waals surface area contributed by atoms with Gasteiger partial charge in [0.15, 0.2) is 5.78 Å². The van der Waals surface area contributed by atoms with Crippen molar-refractivity contribution in [2.75, 3.05) is 17.5 Å². The molecule has 2 aromatic rings. The van der Waals surface area contributed by atoms with Crippen molar-refractivity contribution in [3.63, 3.8) is 0 Å². The molecule has 0 amide bonds. The number of hydrogen-bond donors (Lipinski definition) is 1. The molecule has 1 saturated heterocycles. The average Bonchev–Trinajstić information content (AvgIpc) is 2.72. The third kappa shape index (κ3) is 5.68. The normalized spacial score (nSPS) is 18.5. The van der Waals surface area contributed by atoms with E-state index in [0.29, 0.717) is 22.8 Å². The van der Waals surface area contributed by atoms with E-state index in [0.717, 1.165) is 37.4 Å². The van der Waals surface area contributed by atoms with E-state index in [4.69, 9.17) is 11.6 Å². The third-order valence-electron chi connectivity index (χ3n) is 5.29. The summed E-state index contributed by atoms with van der Waals surface area (Å²) in [4.78, 5) is 26.8. The second kappa shape index (κ2) is 9.73. The number of aldehydes is 1. The van der Waals surface area contributed by atoms with Gasteiger partial charge in [0.1, 0.15) is 6.29 Å². The van der Waals surface area contributed by atoms with Crippen LogP contribution in [0.4, 0.5) is 5.69 Å². The summed E-state index contributed by atoms with van der Waals surface area (Å²) in [5.74, 6) is 0.0256. The molecule has 1 N–H and O–H groups in total. The summed E-state index contributed by atoms with van der Waals surface area (Å²) >= 11 is 5.95. The molecule has 8 heteroatoms. The van der Waals surface area contributed by atoms with Crippen LogP contribution in [0.15, 0.2) is 48.5 Å². The predicted molar refractivity (Wildman–Crippen MR) is 118 cm³/mol. The van der Waals surface area contributed by atoms with Crippen molar-refractivity contribution in [2.24, 2.45) is 0 Å². The lowest BCUT2D eigenvalue weighted by Gasteiger charge is -2.40. The smallest absolute Gasteiger partial charge is 0.229 e. The number of carbonyl (C=O) groups is 2. The van der Waals surface area contributed by atoms with Crippen LogP contribution in [0.25, 0.3) is 0 Å². The van der Waals surface area contributed by atoms with E-state index < -0.39 is 10.0 Å². The minimum Gasteiger partial charge on any atom is -0.303 e. The maximum absolute atomic E-state index is 13.2. The fourth-order valence-electron chi connectivity index (χ4n) is 3.96. The molecule has 0 radical (unpaired) electrons. The number of likely N-dealkylation sites (tertiary alicyclic amines) is 1. The molecule has 30 heavy (non-hydrogen) atoms. The lowest BCUT2D eigenvalue weighted by molar-refractivity contribution is -0.109. The first kappa shape index (κ1) is 22.5. The van der Waals surface area contributed by atoms with Gasteiger partial charge in [0.25, 0.3) is 0 Å². The Morgan fingerprint density at radius 1 is 1.17 bits per heavy atom. The van der Waals surface area contributed by atoms with Crippen molar-refractivity contribution >= 4 is 39.4 Å². The van der Waals surface area contributed by atoms with Crippen LogP contribution >= 0.6 is 11.6 Å². The second-order valence-corrected chi connectivity index (χ2v) is 9.72. The molecule has 2 unspecified atom stereocenters. The van der Waals surface area contributed by atoms with E-state index in [1.54, 1.807) is 48.5 Å². The van der Waals surface area contributed by atoms with Gasteiger partial charge in [-0.2, -0.15) is 0 Å². The molecule has 2 atom stereocenters. The van der Waals surface area contributed by atoms with Gasteiger partial charge in [-0.15, -0.1) is 0 Å². The van der Waals surface area contributed by atoms with Crippen LogP contribution in [0.2, 0.25) is 5.02 Å². The summed E-state index contributed by atoms with van der Waals surface area (Å²) in [5.41, 5.74) is 1.93. The zero-order valence-corrected chi connectivity index (χ0v) is 18.3. The number of nitrogens with zero attached hydrogens (tertiary/aromatic N) is 1. The first-order chi connectivity index (χ1) is 14.3. The van der Waals surface area contributed by atoms with Crippen molar-refractivity contribution in [1.29, 1.82) is 0 Å². The molecule has 160 valence electrons. The molecule has 1 aliphatic heterocycles. The number of Topliss-reactive ketones (excluding diaryl/α,β-unsaturated/α-hetero) is 1. The molecule has 0 aromatic heterocycles. The van der Waals surface area contributed by atoms with Gasteiger partial charge in [-0.25, -0.2) is 8.42 Å². The van der Waals surface area contributed by atoms with Gasteiger partial charge >= 0.3 is 0 Å². The number of ketones is 1. The van der Waals surface area contributed by atoms with Gasteiger partial charge in [0.2, 0.25) is 10.0 Å². The summed E-state index contributed by atoms with van der Waals surface area (Å²) in [6, 6.07) is 13.3. The Balaban J connectivity index is 1.87. The molecular weight excluding hydrogens is 424 g/mol. The molecule has 0 saturated carbocycles. The first-order valence-electron chi connectivity index (χ1n) is 9.85. The van der Waals surface area contributed by atoms with E-state index in [1.807, 2.05) is 0 Å². The summed E-state index contributed by atoms with van der Waals surface area (Å²) in [6.07, 6.45) is 4.84. The fourth-order valence-corrected chi connectivity index (χ4v) is 4.65. The second-order valence-electron chi connectivity index (χ2n) is 7.53. The Morgan fingerprint density at radius 2 is 1.83 bits per heavy atom. The van der Waals surface area contributed by atoms with Gasteiger partial charge in [-0.1, -0.05) is 30.2 Å². The fraction of sp³-hybridized carbons (Fsp3) is 0.364. The molecule has 1 heterocycles. The maximum atomic E-state index is 13.2. The highest BCUT2D eigenvalue weighted by molar-refractivity contribution is 7.92. The third-order valence-corrected chi connectivity index (χ3v) is 6.15. The average molecular weight is 449 g/mol. The van der Waals surface area contributed by atoms with Crippen molar-refractivity contribution in [2.45, 2.75) is 37.8 Å². The topological polar surface area (TPSA) is 83.6 Å². The maximum Gasteiger partial charge on any atom is 0.229 e. The zero-order valence-electron chi connectivity index (χ0n) is 16.8. The van der Waals surface area contributed by atoms with E-state index in [-0.39, 0.29) is 24.3 Å². The van der Waals surface area contributed by atoms with Gasteiger partial charge in [-0.05, 0) is 61.3 Å². The molecular formula is C22H25ClN2O4S. The van der Waals surface area contributed by atoms with E-state index in [1.165, 1.54) is 0 Å². The van der Waals surface area contributed by atoms with Crippen LogP contribution < -0.4 is 4.72 Å². The molecule has 6 nitrogen and oxygen atoms in total. The van der Waals surface area contributed by atoms with E-state index in [2.05, 4.69) is 9.62 Å². The molecule has 2 aromatic carbocycles. The number of nitrogens with one attached hydrogen (secondary N) is 1. The molecule has 1 fully saturated rings. The molecule has 3 rings (SSSR count). The van der Waals surface area contributed by atoms with Crippen molar-refractivity contribution in [3.05, 3.63) is 64.7 Å². The lowest BCUT2D eigenvalue weighted by atomic mass is 9.90. The van der Waals surface area contributed by atoms with Crippen LogP contribution in [-0.4, -0.2) is 44.2 Å². The highest BCUT2D eigenvalue weighted by Crippen LogP contribution is 2.33. The van der Waals surface area contributed by atoms with Gasteiger partial charge in [-0.3, -0.25) is 14.4 Å². The predicted octanol–water partition coefficient (Wildman–Crippen LogP) is 4.08. The van der Waals surface area contributed by atoms with Crippen LogP contribution in [0.3, 0.4) is 0 Å². The van der Waals surface area contributed by atoms with Crippen molar-refractivity contribution < 1.29 is 18.0 Å². The highest BCUT2D eigenvalue weighted by Gasteiger charge is 2.34. The number of benzene rings is 2. The number of halogens is 1. The van der Waals surface area contributed by atoms with Gasteiger partial charge in [0.05, 0.1) is 12.3 Å². The van der Waals surface area contributed by atoms with E-state index >= 15 is 0 Å². The Morgan fingerprint density at radius 3 is 2.43 bits per heavy atom. The van der Waals surface area contributed by atoms with Crippen molar-refractivity contribution in [1.82, 2.24) is 4.90 Å². The number of carbonyl (C=O) groups excluding carboxylic acids is 2. The largest absolute Gasteiger partial charge is 0.303 e. The number of sulfonamides is 1.